The highest BCUT2D eigenvalue weighted by Crippen LogP contribution is 2.27. The molecule has 158 valence electrons. The number of carbonyl (C=O) groups is 1. The van der Waals surface area contributed by atoms with Gasteiger partial charge < -0.3 is 14.8 Å². The average molecular weight is 441 g/mol. The van der Waals surface area contributed by atoms with E-state index < -0.39 is 16.0 Å². The molecule has 2 N–H and O–H groups in total. The van der Waals surface area contributed by atoms with Crippen LogP contribution in [0.25, 0.3) is 0 Å². The van der Waals surface area contributed by atoms with Crippen LogP contribution in [0.15, 0.2) is 47.4 Å². The summed E-state index contributed by atoms with van der Waals surface area (Å²) >= 11 is 5.86. The Kier molecular flexibility index (Phi) is 7.89. The summed E-state index contributed by atoms with van der Waals surface area (Å²) in [6.07, 6.45) is -0.325. The number of nitrogens with one attached hydrogen (secondary N) is 2. The maximum Gasteiger partial charge on any atom is 0.338 e. The van der Waals surface area contributed by atoms with Crippen molar-refractivity contribution in [3.63, 3.8) is 0 Å². The first-order chi connectivity index (χ1) is 13.6. The minimum Gasteiger partial charge on any atom is -0.459 e. The number of hydrogen-bond donors (Lipinski definition) is 2. The van der Waals surface area contributed by atoms with Crippen LogP contribution in [0, 0.1) is 0 Å². The largest absolute Gasteiger partial charge is 0.459 e. The van der Waals surface area contributed by atoms with Gasteiger partial charge >= 0.3 is 5.97 Å². The molecule has 1 atom stereocenters. The summed E-state index contributed by atoms with van der Waals surface area (Å²) in [6, 6.07) is 10.5. The third-order valence-electron chi connectivity index (χ3n) is 3.76. The Labute approximate surface area is 176 Å². The Hall–Kier alpha value is -2.29. The van der Waals surface area contributed by atoms with Crippen LogP contribution >= 0.6 is 11.6 Å². The molecule has 0 heterocycles. The summed E-state index contributed by atoms with van der Waals surface area (Å²) in [7, 11) is -2.45. The van der Waals surface area contributed by atoms with E-state index in [1.54, 1.807) is 51.3 Å². The maximum absolute atomic E-state index is 13.1. The Bertz CT molecular complexity index is 946. The van der Waals surface area contributed by atoms with Gasteiger partial charge in [0.05, 0.1) is 24.0 Å². The van der Waals surface area contributed by atoms with Crippen molar-refractivity contribution in [2.24, 2.45) is 0 Å². The summed E-state index contributed by atoms with van der Waals surface area (Å²) in [4.78, 5) is 12.2. The van der Waals surface area contributed by atoms with E-state index in [4.69, 9.17) is 21.1 Å². The normalized spacial score (nSPS) is 12.5. The topological polar surface area (TPSA) is 93.7 Å². The number of sulfonamides is 1. The molecule has 2 rings (SSSR count). The van der Waals surface area contributed by atoms with E-state index in [0.29, 0.717) is 23.0 Å². The highest BCUT2D eigenvalue weighted by atomic mass is 35.5. The lowest BCUT2D eigenvalue weighted by molar-refractivity contribution is 0.0377. The lowest BCUT2D eigenvalue weighted by Crippen LogP contribution is -2.24. The fraction of sp³-hybridized carbons (Fsp3) is 0.350. The Morgan fingerprint density at radius 1 is 1.10 bits per heavy atom. The average Bonchev–Trinajstić information content (AvgIpc) is 2.63. The Morgan fingerprint density at radius 2 is 1.76 bits per heavy atom. The van der Waals surface area contributed by atoms with E-state index in [0.717, 1.165) is 0 Å². The number of carbonyl (C=O) groups excluding carboxylic acids is 1. The number of hydrogen-bond acceptors (Lipinski definition) is 6. The first kappa shape index (κ1) is 23.0. The summed E-state index contributed by atoms with van der Waals surface area (Å²) in [6.45, 7) is 5.68. The van der Waals surface area contributed by atoms with Crippen molar-refractivity contribution in [1.82, 2.24) is 0 Å². The number of methoxy groups -OCH3 is 1. The second kappa shape index (κ2) is 9.96. The molecule has 0 aliphatic heterocycles. The molecule has 2 aromatic rings. The zero-order chi connectivity index (χ0) is 21.6. The molecule has 0 saturated carbocycles. The van der Waals surface area contributed by atoms with Gasteiger partial charge in [-0.25, -0.2) is 13.2 Å². The fourth-order valence-corrected chi connectivity index (χ4v) is 3.94. The SMILES string of the molecule is COC[C@H](C)Nc1ccc(C(=O)OC(C)C)cc1S(=O)(=O)Nc1ccc(Cl)cc1. The molecule has 29 heavy (non-hydrogen) atoms. The molecule has 0 unspecified atom stereocenters. The van der Waals surface area contributed by atoms with Crippen LogP contribution in [-0.4, -0.2) is 40.2 Å². The molecular weight excluding hydrogens is 416 g/mol. The van der Waals surface area contributed by atoms with Gasteiger partial charge in [0.2, 0.25) is 0 Å². The van der Waals surface area contributed by atoms with Gasteiger partial charge in [-0.3, -0.25) is 4.72 Å². The summed E-state index contributed by atoms with van der Waals surface area (Å²) in [5.74, 6) is -0.598. The van der Waals surface area contributed by atoms with Crippen molar-refractivity contribution < 1.29 is 22.7 Å². The fourth-order valence-electron chi connectivity index (χ4n) is 2.56. The van der Waals surface area contributed by atoms with E-state index in [1.807, 2.05) is 6.92 Å². The van der Waals surface area contributed by atoms with E-state index >= 15 is 0 Å². The Balaban J connectivity index is 2.44. The van der Waals surface area contributed by atoms with E-state index in [-0.39, 0.29) is 22.6 Å². The number of rotatable bonds is 9. The van der Waals surface area contributed by atoms with Crippen molar-refractivity contribution in [3.8, 4) is 0 Å². The number of anilines is 2. The van der Waals surface area contributed by atoms with E-state index in [2.05, 4.69) is 10.0 Å². The third-order valence-corrected chi connectivity index (χ3v) is 5.44. The van der Waals surface area contributed by atoms with Crippen LogP contribution in [0.4, 0.5) is 11.4 Å². The third kappa shape index (κ3) is 6.62. The molecular formula is C20H25ClN2O5S. The zero-order valence-electron chi connectivity index (χ0n) is 16.7. The summed E-state index contributed by atoms with van der Waals surface area (Å²) in [5.41, 5.74) is 0.831. The minimum atomic E-state index is -4.01. The van der Waals surface area contributed by atoms with Crippen molar-refractivity contribution in [2.75, 3.05) is 23.8 Å². The van der Waals surface area contributed by atoms with Crippen LogP contribution in [0.2, 0.25) is 5.02 Å². The number of esters is 1. The van der Waals surface area contributed by atoms with Gasteiger partial charge in [0.25, 0.3) is 10.0 Å². The van der Waals surface area contributed by atoms with Gasteiger partial charge in [0, 0.05) is 23.9 Å². The molecule has 0 aromatic heterocycles. The quantitative estimate of drug-likeness (QED) is 0.569. The van der Waals surface area contributed by atoms with Gasteiger partial charge in [0.15, 0.2) is 0 Å². The highest BCUT2D eigenvalue weighted by Gasteiger charge is 2.23. The molecule has 2 aromatic carbocycles. The van der Waals surface area contributed by atoms with Crippen molar-refractivity contribution in [1.29, 1.82) is 0 Å². The predicted molar refractivity (Wildman–Crippen MR) is 114 cm³/mol. The van der Waals surface area contributed by atoms with Gasteiger partial charge in [-0.05, 0) is 63.2 Å². The van der Waals surface area contributed by atoms with E-state index in [9.17, 15) is 13.2 Å². The first-order valence-electron chi connectivity index (χ1n) is 9.01. The molecule has 7 nitrogen and oxygen atoms in total. The monoisotopic (exact) mass is 440 g/mol. The molecule has 0 amide bonds. The number of ether oxygens (including phenoxy) is 2. The lowest BCUT2D eigenvalue weighted by Gasteiger charge is -2.19. The van der Waals surface area contributed by atoms with Crippen LogP contribution in [0.3, 0.4) is 0 Å². The van der Waals surface area contributed by atoms with Crippen molar-refractivity contribution in [3.05, 3.63) is 53.1 Å². The van der Waals surface area contributed by atoms with Crippen molar-refractivity contribution >= 4 is 39.0 Å². The van der Waals surface area contributed by atoms with Crippen molar-refractivity contribution in [2.45, 2.75) is 37.8 Å². The smallest absolute Gasteiger partial charge is 0.338 e. The lowest BCUT2D eigenvalue weighted by atomic mass is 10.2. The first-order valence-corrected chi connectivity index (χ1v) is 10.9. The predicted octanol–water partition coefficient (Wildman–Crippen LogP) is 4.15. The maximum atomic E-state index is 13.1. The molecule has 0 bridgehead atoms. The van der Waals surface area contributed by atoms with Gasteiger partial charge in [-0.2, -0.15) is 0 Å². The molecule has 0 fully saturated rings. The van der Waals surface area contributed by atoms with Crippen LogP contribution in [0.1, 0.15) is 31.1 Å². The summed E-state index contributed by atoms with van der Waals surface area (Å²) < 4.78 is 38.9. The molecule has 9 heteroatoms. The van der Waals surface area contributed by atoms with Crippen LogP contribution < -0.4 is 10.0 Å². The van der Waals surface area contributed by atoms with Crippen LogP contribution in [0.5, 0.6) is 0 Å². The minimum absolute atomic E-state index is 0.0754. The molecule has 0 aliphatic carbocycles. The number of halogens is 1. The second-order valence-electron chi connectivity index (χ2n) is 6.78. The van der Waals surface area contributed by atoms with Gasteiger partial charge in [-0.1, -0.05) is 11.6 Å². The van der Waals surface area contributed by atoms with E-state index in [1.165, 1.54) is 12.1 Å². The van der Waals surface area contributed by atoms with Crippen LogP contribution in [-0.2, 0) is 19.5 Å². The van der Waals surface area contributed by atoms with Gasteiger partial charge in [0.1, 0.15) is 4.90 Å². The number of benzene rings is 2. The van der Waals surface area contributed by atoms with Gasteiger partial charge in [-0.15, -0.1) is 0 Å². The highest BCUT2D eigenvalue weighted by molar-refractivity contribution is 7.92. The Morgan fingerprint density at radius 3 is 2.34 bits per heavy atom. The zero-order valence-corrected chi connectivity index (χ0v) is 18.3. The molecule has 0 radical (unpaired) electrons. The molecule has 0 saturated heterocycles. The molecule has 0 aliphatic rings. The second-order valence-corrected chi connectivity index (χ2v) is 8.87. The molecule has 0 spiro atoms. The summed E-state index contributed by atoms with van der Waals surface area (Å²) in [5, 5.41) is 3.59. The standard InChI is InChI=1S/C20H25ClN2O5S/c1-13(2)28-20(24)15-5-10-18(22-14(3)12-27-4)19(11-15)29(25,26)23-17-8-6-16(21)7-9-17/h5-11,13-14,22-23H,12H2,1-4H3/t14-/m0/s1.